The molecule has 0 spiro atoms. The largest absolute Gasteiger partial charge is 0.352 e. The van der Waals surface area contributed by atoms with Gasteiger partial charge in [-0.1, -0.05) is 80.4 Å². The summed E-state index contributed by atoms with van der Waals surface area (Å²) in [5.74, 6) is -0.589. The number of benzene rings is 3. The van der Waals surface area contributed by atoms with E-state index in [1.165, 1.54) is 12.1 Å². The van der Waals surface area contributed by atoms with E-state index in [4.69, 9.17) is 0 Å². The van der Waals surface area contributed by atoms with E-state index in [2.05, 4.69) is 5.32 Å². The van der Waals surface area contributed by atoms with E-state index in [1.54, 1.807) is 41.3 Å². The molecule has 1 atom stereocenters. The van der Waals surface area contributed by atoms with Crippen molar-refractivity contribution in [2.75, 3.05) is 17.4 Å². The predicted molar refractivity (Wildman–Crippen MR) is 158 cm³/mol. The maximum atomic E-state index is 14.1. The number of rotatable bonds is 12. The molecule has 1 fully saturated rings. The third-order valence-corrected chi connectivity index (χ3v) is 9.26. The average Bonchev–Trinajstić information content (AvgIpc) is 3.47. The van der Waals surface area contributed by atoms with Gasteiger partial charge in [0, 0.05) is 12.6 Å². The van der Waals surface area contributed by atoms with Gasteiger partial charge >= 0.3 is 0 Å². The normalized spacial score (nSPS) is 14.4. The molecule has 1 aliphatic rings. The quantitative estimate of drug-likeness (QED) is 0.333. The summed E-state index contributed by atoms with van der Waals surface area (Å²) >= 11 is 0. The lowest BCUT2D eigenvalue weighted by molar-refractivity contribution is -0.139. The third kappa shape index (κ3) is 7.30. The molecule has 0 radical (unpaired) electrons. The first-order chi connectivity index (χ1) is 19.3. The number of hydrogen-bond donors (Lipinski definition) is 1. The van der Waals surface area contributed by atoms with Crippen LogP contribution in [0.3, 0.4) is 0 Å². The number of carbonyl (C=O) groups is 2. The van der Waals surface area contributed by atoms with Gasteiger partial charge in [-0.05, 0) is 68.0 Å². The fourth-order valence-corrected chi connectivity index (χ4v) is 6.72. The SMILES string of the molecule is CCC(C(=O)NC1CCCC1)N(CCc1ccccc1)C(=O)CN(c1cccc(C)c1)S(=O)(=O)c1ccccc1. The maximum Gasteiger partial charge on any atom is 0.264 e. The van der Waals surface area contributed by atoms with Crippen LogP contribution < -0.4 is 9.62 Å². The molecule has 0 saturated heterocycles. The second-order valence-corrected chi connectivity index (χ2v) is 12.3. The lowest BCUT2D eigenvalue weighted by Gasteiger charge is -2.33. The molecule has 212 valence electrons. The number of nitrogens with zero attached hydrogens (tertiary/aromatic N) is 2. The Morgan fingerprint density at radius 1 is 0.925 bits per heavy atom. The van der Waals surface area contributed by atoms with Crippen LogP contribution in [0.25, 0.3) is 0 Å². The van der Waals surface area contributed by atoms with Gasteiger partial charge < -0.3 is 10.2 Å². The maximum absolute atomic E-state index is 14.1. The van der Waals surface area contributed by atoms with E-state index in [9.17, 15) is 18.0 Å². The summed E-state index contributed by atoms with van der Waals surface area (Å²) in [5, 5.41) is 3.15. The molecule has 2 amide bonds. The van der Waals surface area contributed by atoms with Crippen molar-refractivity contribution in [3.05, 3.63) is 96.1 Å². The second kappa shape index (κ2) is 13.6. The Balaban J connectivity index is 1.66. The smallest absolute Gasteiger partial charge is 0.264 e. The minimum Gasteiger partial charge on any atom is -0.352 e. The molecule has 1 aliphatic carbocycles. The Hall–Kier alpha value is -3.65. The zero-order chi connectivity index (χ0) is 28.5. The highest BCUT2D eigenvalue weighted by Gasteiger charge is 2.34. The summed E-state index contributed by atoms with van der Waals surface area (Å²) in [5.41, 5.74) is 2.32. The molecule has 0 bridgehead atoms. The fourth-order valence-electron chi connectivity index (χ4n) is 5.29. The van der Waals surface area contributed by atoms with Crippen molar-refractivity contribution >= 4 is 27.5 Å². The molecule has 7 nitrogen and oxygen atoms in total. The third-order valence-electron chi connectivity index (χ3n) is 7.47. The number of hydrogen-bond acceptors (Lipinski definition) is 4. The van der Waals surface area contributed by atoms with Gasteiger partial charge in [-0.3, -0.25) is 13.9 Å². The van der Waals surface area contributed by atoms with E-state index in [1.807, 2.05) is 50.2 Å². The zero-order valence-electron chi connectivity index (χ0n) is 23.3. The number of aryl methyl sites for hydroxylation is 1. The standard InChI is InChI=1S/C32H39N3O4S/c1-3-30(32(37)33-27-16-10-11-17-27)34(22-21-26-14-6-4-7-15-26)31(36)24-35(28-18-12-13-25(2)23-28)40(38,39)29-19-8-5-9-20-29/h4-9,12-15,18-20,23,27,30H,3,10-11,16-17,21-22,24H2,1-2H3,(H,33,37). The van der Waals surface area contributed by atoms with E-state index in [0.717, 1.165) is 41.1 Å². The first kappa shape index (κ1) is 29.3. The first-order valence-electron chi connectivity index (χ1n) is 14.1. The van der Waals surface area contributed by atoms with Crippen LogP contribution in [0.15, 0.2) is 89.8 Å². The summed E-state index contributed by atoms with van der Waals surface area (Å²) in [7, 11) is -4.05. The molecule has 0 aromatic heterocycles. The Bertz CT molecular complexity index is 1370. The molecule has 4 rings (SSSR count). The highest BCUT2D eigenvalue weighted by molar-refractivity contribution is 7.92. The number of amides is 2. The van der Waals surface area contributed by atoms with E-state index in [0.29, 0.717) is 25.1 Å². The summed E-state index contributed by atoms with van der Waals surface area (Å²) in [6.07, 6.45) is 5.03. The van der Waals surface area contributed by atoms with E-state index in [-0.39, 0.29) is 16.8 Å². The van der Waals surface area contributed by atoms with Crippen LogP contribution in [0, 0.1) is 6.92 Å². The first-order valence-corrected chi connectivity index (χ1v) is 15.5. The molecule has 40 heavy (non-hydrogen) atoms. The van der Waals surface area contributed by atoms with Crippen molar-refractivity contribution in [3.63, 3.8) is 0 Å². The van der Waals surface area contributed by atoms with Crippen LogP contribution in [0.5, 0.6) is 0 Å². The Labute approximate surface area is 238 Å². The Morgan fingerprint density at radius 2 is 1.57 bits per heavy atom. The molecule has 1 unspecified atom stereocenters. The fraction of sp³-hybridized carbons (Fsp3) is 0.375. The van der Waals surface area contributed by atoms with Crippen LogP contribution in [-0.4, -0.2) is 50.3 Å². The topological polar surface area (TPSA) is 86.8 Å². The minimum atomic E-state index is -4.05. The zero-order valence-corrected chi connectivity index (χ0v) is 24.1. The number of nitrogens with one attached hydrogen (secondary N) is 1. The molecule has 0 heterocycles. The summed E-state index contributed by atoms with van der Waals surface area (Å²) < 4.78 is 28.9. The Kier molecular flexibility index (Phi) is 9.98. The molecule has 8 heteroatoms. The van der Waals surface area contributed by atoms with Crippen LogP contribution in [0.4, 0.5) is 5.69 Å². The van der Waals surface area contributed by atoms with Crippen molar-refractivity contribution in [2.24, 2.45) is 0 Å². The van der Waals surface area contributed by atoms with Crippen molar-refractivity contribution < 1.29 is 18.0 Å². The number of sulfonamides is 1. The van der Waals surface area contributed by atoms with Crippen LogP contribution >= 0.6 is 0 Å². The van der Waals surface area contributed by atoms with Crippen molar-refractivity contribution in [1.82, 2.24) is 10.2 Å². The van der Waals surface area contributed by atoms with Crippen LogP contribution in [-0.2, 0) is 26.0 Å². The van der Waals surface area contributed by atoms with Gasteiger partial charge in [0.15, 0.2) is 0 Å². The molecule has 3 aromatic carbocycles. The van der Waals surface area contributed by atoms with Crippen molar-refractivity contribution in [3.8, 4) is 0 Å². The van der Waals surface area contributed by atoms with Gasteiger partial charge in [0.25, 0.3) is 10.0 Å². The van der Waals surface area contributed by atoms with Gasteiger partial charge in [0.2, 0.25) is 11.8 Å². The van der Waals surface area contributed by atoms with Crippen molar-refractivity contribution in [1.29, 1.82) is 0 Å². The molecular formula is C32H39N3O4S. The highest BCUT2D eigenvalue weighted by atomic mass is 32.2. The van der Waals surface area contributed by atoms with Crippen LogP contribution in [0.2, 0.25) is 0 Å². The van der Waals surface area contributed by atoms with Gasteiger partial charge in [0.05, 0.1) is 10.6 Å². The van der Waals surface area contributed by atoms with Gasteiger partial charge in [-0.15, -0.1) is 0 Å². The molecule has 1 saturated carbocycles. The molecule has 0 aliphatic heterocycles. The van der Waals surface area contributed by atoms with Crippen LogP contribution in [0.1, 0.15) is 50.2 Å². The number of anilines is 1. The van der Waals surface area contributed by atoms with E-state index >= 15 is 0 Å². The van der Waals surface area contributed by atoms with Gasteiger partial charge in [0.1, 0.15) is 12.6 Å². The lowest BCUT2D eigenvalue weighted by atomic mass is 10.1. The van der Waals surface area contributed by atoms with Gasteiger partial charge in [-0.25, -0.2) is 8.42 Å². The Morgan fingerprint density at radius 3 is 2.20 bits per heavy atom. The van der Waals surface area contributed by atoms with E-state index < -0.39 is 28.5 Å². The lowest BCUT2D eigenvalue weighted by Crippen LogP contribution is -2.54. The minimum absolute atomic E-state index is 0.103. The predicted octanol–water partition coefficient (Wildman–Crippen LogP) is 5.10. The molecule has 1 N–H and O–H groups in total. The molecule has 3 aromatic rings. The summed E-state index contributed by atoms with van der Waals surface area (Å²) in [6, 6.07) is 24.5. The number of carbonyl (C=O) groups excluding carboxylic acids is 2. The monoisotopic (exact) mass is 561 g/mol. The highest BCUT2D eigenvalue weighted by Crippen LogP contribution is 2.25. The summed E-state index contributed by atoms with van der Waals surface area (Å²) in [4.78, 5) is 29.2. The summed E-state index contributed by atoms with van der Waals surface area (Å²) in [6.45, 7) is 3.65. The second-order valence-electron chi connectivity index (χ2n) is 10.4. The van der Waals surface area contributed by atoms with Crippen molar-refractivity contribution in [2.45, 2.75) is 69.4 Å². The van der Waals surface area contributed by atoms with Gasteiger partial charge in [-0.2, -0.15) is 0 Å². The average molecular weight is 562 g/mol. The molecular weight excluding hydrogens is 522 g/mol.